The number of aliphatic hydroxyl groups excluding tert-OH is 1. The number of nitrogens with zero attached hydrogens (tertiary/aromatic N) is 1. The molecule has 0 aliphatic carbocycles. The lowest BCUT2D eigenvalue weighted by Crippen LogP contribution is -1.94. The highest BCUT2D eigenvalue weighted by molar-refractivity contribution is 6.36. The van der Waals surface area contributed by atoms with Crippen molar-refractivity contribution in [2.45, 2.75) is 6.61 Å². The topological polar surface area (TPSA) is 33.1 Å². The van der Waals surface area contributed by atoms with Gasteiger partial charge in [-0.1, -0.05) is 23.2 Å². The molecule has 1 heterocycles. The molecule has 1 aromatic carbocycles. The number of aromatic nitrogens is 1. The second-order valence-corrected chi connectivity index (χ2v) is 4.29. The lowest BCUT2D eigenvalue weighted by atomic mass is 10.1. The van der Waals surface area contributed by atoms with E-state index in [2.05, 4.69) is 4.98 Å². The Bertz CT molecular complexity index is 560. The standard InChI is InChI=1S/C12H8Cl2FNO/c13-8-1-2-9(10(14)4-8)12-3-7(6-17)11(15)5-16-12/h1-5,17H,6H2. The number of aliphatic hydroxyl groups is 1. The van der Waals surface area contributed by atoms with Gasteiger partial charge >= 0.3 is 0 Å². The molecule has 2 rings (SSSR count). The molecule has 1 aromatic heterocycles. The fraction of sp³-hybridized carbons (Fsp3) is 0.0833. The molecule has 0 bridgehead atoms. The highest BCUT2D eigenvalue weighted by atomic mass is 35.5. The second-order valence-electron chi connectivity index (χ2n) is 3.44. The van der Waals surface area contributed by atoms with Gasteiger partial charge in [0, 0.05) is 16.1 Å². The van der Waals surface area contributed by atoms with Gasteiger partial charge in [-0.15, -0.1) is 0 Å². The van der Waals surface area contributed by atoms with Crippen LogP contribution >= 0.6 is 23.2 Å². The molecule has 0 saturated carbocycles. The SMILES string of the molecule is OCc1cc(-c2ccc(Cl)cc2Cl)ncc1F. The smallest absolute Gasteiger partial charge is 0.147 e. The van der Waals surface area contributed by atoms with Crippen molar-refractivity contribution in [3.8, 4) is 11.3 Å². The van der Waals surface area contributed by atoms with E-state index >= 15 is 0 Å². The number of halogens is 3. The van der Waals surface area contributed by atoms with E-state index in [1.807, 2.05) is 0 Å². The number of hydrogen-bond acceptors (Lipinski definition) is 2. The largest absolute Gasteiger partial charge is 0.392 e. The average Bonchev–Trinajstić information content (AvgIpc) is 2.30. The van der Waals surface area contributed by atoms with Crippen LogP contribution in [-0.4, -0.2) is 10.1 Å². The predicted molar refractivity (Wildman–Crippen MR) is 65.6 cm³/mol. The van der Waals surface area contributed by atoms with Crippen LogP contribution in [0, 0.1) is 5.82 Å². The van der Waals surface area contributed by atoms with Crippen LogP contribution in [0.2, 0.25) is 10.0 Å². The number of hydrogen-bond donors (Lipinski definition) is 1. The van der Waals surface area contributed by atoms with E-state index < -0.39 is 5.82 Å². The summed E-state index contributed by atoms with van der Waals surface area (Å²) in [6, 6.07) is 6.42. The molecule has 0 aliphatic rings. The molecular formula is C12H8Cl2FNO. The number of pyridine rings is 1. The van der Waals surface area contributed by atoms with Crippen molar-refractivity contribution in [2.75, 3.05) is 0 Å². The molecule has 0 atom stereocenters. The zero-order valence-corrected chi connectivity index (χ0v) is 10.1. The second kappa shape index (κ2) is 5.00. The lowest BCUT2D eigenvalue weighted by Gasteiger charge is -2.06. The highest BCUT2D eigenvalue weighted by Crippen LogP contribution is 2.29. The quantitative estimate of drug-likeness (QED) is 0.904. The minimum atomic E-state index is -0.540. The van der Waals surface area contributed by atoms with E-state index in [4.69, 9.17) is 28.3 Å². The summed E-state index contributed by atoms with van der Waals surface area (Å²) in [6.45, 7) is -0.382. The molecule has 0 unspecified atom stereocenters. The Hall–Kier alpha value is -1.16. The van der Waals surface area contributed by atoms with Crippen molar-refractivity contribution < 1.29 is 9.50 Å². The van der Waals surface area contributed by atoms with Crippen LogP contribution in [0.5, 0.6) is 0 Å². The molecule has 0 aliphatic heterocycles. The Morgan fingerprint density at radius 3 is 2.65 bits per heavy atom. The summed E-state index contributed by atoms with van der Waals surface area (Å²) in [5.41, 5.74) is 1.32. The third kappa shape index (κ3) is 2.57. The summed E-state index contributed by atoms with van der Waals surface area (Å²) >= 11 is 11.8. The third-order valence-electron chi connectivity index (χ3n) is 2.31. The summed E-state index contributed by atoms with van der Waals surface area (Å²) in [5, 5.41) is 9.93. The van der Waals surface area contributed by atoms with Crippen LogP contribution in [0.4, 0.5) is 4.39 Å². The van der Waals surface area contributed by atoms with Crippen molar-refractivity contribution in [3.63, 3.8) is 0 Å². The van der Waals surface area contributed by atoms with Gasteiger partial charge < -0.3 is 5.11 Å². The van der Waals surface area contributed by atoms with Crippen LogP contribution in [-0.2, 0) is 6.61 Å². The van der Waals surface area contributed by atoms with Gasteiger partial charge in [-0.3, -0.25) is 4.98 Å². The van der Waals surface area contributed by atoms with E-state index in [9.17, 15) is 4.39 Å². The summed E-state index contributed by atoms with van der Waals surface area (Å²) in [5.74, 6) is -0.540. The van der Waals surface area contributed by atoms with Crippen molar-refractivity contribution in [1.82, 2.24) is 4.98 Å². The Kier molecular flexibility index (Phi) is 3.62. The molecule has 88 valence electrons. The maximum atomic E-state index is 13.2. The molecule has 5 heteroatoms. The van der Waals surface area contributed by atoms with Crippen molar-refractivity contribution in [1.29, 1.82) is 0 Å². The Morgan fingerprint density at radius 2 is 2.00 bits per heavy atom. The van der Waals surface area contributed by atoms with Crippen molar-refractivity contribution in [3.05, 3.63) is 51.9 Å². The Balaban J connectivity index is 2.53. The van der Waals surface area contributed by atoms with Crippen LogP contribution in [0.1, 0.15) is 5.56 Å². The Morgan fingerprint density at radius 1 is 1.24 bits per heavy atom. The van der Waals surface area contributed by atoms with Gasteiger partial charge in [0.05, 0.1) is 23.5 Å². The zero-order chi connectivity index (χ0) is 12.4. The first-order valence-electron chi connectivity index (χ1n) is 4.82. The van der Waals surface area contributed by atoms with Gasteiger partial charge in [0.15, 0.2) is 0 Å². The summed E-state index contributed by atoms with van der Waals surface area (Å²) < 4.78 is 13.2. The highest BCUT2D eigenvalue weighted by Gasteiger charge is 2.09. The summed E-state index contributed by atoms with van der Waals surface area (Å²) in [6.07, 6.45) is 1.06. The first kappa shape index (κ1) is 12.3. The summed E-state index contributed by atoms with van der Waals surface area (Å²) in [7, 11) is 0. The first-order chi connectivity index (χ1) is 8.11. The average molecular weight is 272 g/mol. The molecule has 1 N–H and O–H groups in total. The minimum Gasteiger partial charge on any atom is -0.392 e. The van der Waals surface area contributed by atoms with Crippen LogP contribution in [0.15, 0.2) is 30.5 Å². The molecule has 2 nitrogen and oxygen atoms in total. The number of rotatable bonds is 2. The molecule has 17 heavy (non-hydrogen) atoms. The predicted octanol–water partition coefficient (Wildman–Crippen LogP) is 3.69. The Labute approximate surface area is 108 Å². The van der Waals surface area contributed by atoms with Gasteiger partial charge in [-0.05, 0) is 24.3 Å². The molecule has 2 aromatic rings. The maximum Gasteiger partial charge on any atom is 0.147 e. The monoisotopic (exact) mass is 271 g/mol. The van der Waals surface area contributed by atoms with Crippen molar-refractivity contribution in [2.24, 2.45) is 0 Å². The molecular weight excluding hydrogens is 264 g/mol. The van der Waals surface area contributed by atoms with Crippen LogP contribution in [0.3, 0.4) is 0 Å². The van der Waals surface area contributed by atoms with E-state index in [1.165, 1.54) is 6.07 Å². The van der Waals surface area contributed by atoms with Gasteiger partial charge in [0.1, 0.15) is 5.82 Å². The zero-order valence-electron chi connectivity index (χ0n) is 8.62. The first-order valence-corrected chi connectivity index (χ1v) is 5.58. The van der Waals surface area contributed by atoms with Gasteiger partial charge in [0.2, 0.25) is 0 Å². The fourth-order valence-electron chi connectivity index (χ4n) is 1.45. The summed E-state index contributed by atoms with van der Waals surface area (Å²) in [4.78, 5) is 3.93. The molecule has 0 fully saturated rings. The number of benzene rings is 1. The van der Waals surface area contributed by atoms with E-state index in [1.54, 1.807) is 18.2 Å². The van der Waals surface area contributed by atoms with E-state index in [0.29, 0.717) is 21.3 Å². The van der Waals surface area contributed by atoms with Gasteiger partial charge in [0.25, 0.3) is 0 Å². The van der Waals surface area contributed by atoms with Crippen LogP contribution < -0.4 is 0 Å². The minimum absolute atomic E-state index is 0.181. The molecule has 0 saturated heterocycles. The van der Waals surface area contributed by atoms with E-state index in [-0.39, 0.29) is 12.2 Å². The molecule has 0 radical (unpaired) electrons. The van der Waals surface area contributed by atoms with E-state index in [0.717, 1.165) is 6.20 Å². The van der Waals surface area contributed by atoms with Crippen molar-refractivity contribution >= 4 is 23.2 Å². The fourth-order valence-corrected chi connectivity index (χ4v) is 1.95. The third-order valence-corrected chi connectivity index (χ3v) is 2.86. The lowest BCUT2D eigenvalue weighted by molar-refractivity contribution is 0.275. The normalized spacial score (nSPS) is 10.6. The maximum absolute atomic E-state index is 13.2. The van der Waals surface area contributed by atoms with Gasteiger partial charge in [-0.25, -0.2) is 4.39 Å². The van der Waals surface area contributed by atoms with Crippen LogP contribution in [0.25, 0.3) is 11.3 Å². The molecule has 0 amide bonds. The molecule has 0 spiro atoms. The van der Waals surface area contributed by atoms with Gasteiger partial charge in [-0.2, -0.15) is 0 Å².